The smallest absolute Gasteiger partial charge is 0.322 e. The van der Waals surface area contributed by atoms with E-state index in [0.717, 1.165) is 38.6 Å². The number of hydrogen-bond donors (Lipinski definition) is 2. The molecule has 1 aliphatic carbocycles. The van der Waals surface area contributed by atoms with Crippen molar-refractivity contribution in [2.24, 2.45) is 0 Å². The van der Waals surface area contributed by atoms with Gasteiger partial charge in [0, 0.05) is 37.9 Å². The number of carbonyl (C=O) groups is 1. The molecule has 2 N–H and O–H groups in total. The van der Waals surface area contributed by atoms with Gasteiger partial charge in [0.15, 0.2) is 0 Å². The monoisotopic (exact) mass is 484 g/mol. The van der Waals surface area contributed by atoms with Crippen LogP contribution in [0.1, 0.15) is 49.1 Å². The van der Waals surface area contributed by atoms with E-state index in [-0.39, 0.29) is 23.2 Å². The fraction of sp³-hybridized carbons (Fsp3) is 0.462. The number of aliphatic hydroxyl groups is 1. The summed E-state index contributed by atoms with van der Waals surface area (Å²) in [4.78, 5) is 17.3. The quantitative estimate of drug-likeness (QED) is 0.606. The number of rotatable bonds is 6. The number of β-amino-alcohol motifs (C(OH)–C–C–N with tert-alkyl or cyclic N) is 1. The number of nitriles is 1. The summed E-state index contributed by atoms with van der Waals surface area (Å²) in [5.41, 5.74) is 2.31. The number of nitrogens with one attached hydrogen (secondary N) is 1. The number of halogens is 2. The van der Waals surface area contributed by atoms with Gasteiger partial charge in [0.05, 0.1) is 22.8 Å². The van der Waals surface area contributed by atoms with Crippen LogP contribution in [0.5, 0.6) is 0 Å². The SMILES string of the molecule is N#Cc1cccc(C2CCC(N(CCN3CC[C@@H](O)C3)C(=O)Nc3ccc(F)c(Cl)c3)CC2)c1. The van der Waals surface area contributed by atoms with Crippen LogP contribution in [-0.2, 0) is 0 Å². The van der Waals surface area contributed by atoms with Gasteiger partial charge in [-0.05, 0) is 73.9 Å². The van der Waals surface area contributed by atoms with Gasteiger partial charge >= 0.3 is 6.03 Å². The van der Waals surface area contributed by atoms with Crippen molar-refractivity contribution in [1.29, 1.82) is 5.26 Å². The third kappa shape index (κ3) is 6.06. The molecule has 34 heavy (non-hydrogen) atoms. The Labute approximate surface area is 204 Å². The van der Waals surface area contributed by atoms with Crippen molar-refractivity contribution in [3.05, 3.63) is 64.4 Å². The van der Waals surface area contributed by atoms with Crippen LogP contribution < -0.4 is 5.32 Å². The molecule has 1 aliphatic heterocycles. The first kappa shape index (κ1) is 24.5. The molecule has 1 atom stereocenters. The van der Waals surface area contributed by atoms with Gasteiger partial charge in [0.25, 0.3) is 0 Å². The maximum atomic E-state index is 13.5. The molecule has 2 amide bonds. The molecule has 2 aliphatic rings. The highest BCUT2D eigenvalue weighted by Gasteiger charge is 2.31. The fourth-order valence-corrected chi connectivity index (χ4v) is 5.25. The van der Waals surface area contributed by atoms with Crippen LogP contribution in [0.2, 0.25) is 5.02 Å². The average Bonchev–Trinajstić information content (AvgIpc) is 3.27. The number of urea groups is 1. The van der Waals surface area contributed by atoms with E-state index in [9.17, 15) is 19.6 Å². The summed E-state index contributed by atoms with van der Waals surface area (Å²) in [6, 6.07) is 14.0. The zero-order valence-corrected chi connectivity index (χ0v) is 19.8. The summed E-state index contributed by atoms with van der Waals surface area (Å²) >= 11 is 5.89. The lowest BCUT2D eigenvalue weighted by molar-refractivity contribution is 0.143. The average molecular weight is 485 g/mol. The van der Waals surface area contributed by atoms with E-state index in [2.05, 4.69) is 22.4 Å². The minimum absolute atomic E-state index is 0.0319. The lowest BCUT2D eigenvalue weighted by atomic mass is 9.81. The minimum Gasteiger partial charge on any atom is -0.392 e. The second-order valence-corrected chi connectivity index (χ2v) is 9.65. The number of amides is 2. The summed E-state index contributed by atoms with van der Waals surface area (Å²) in [5.74, 6) is -0.151. The van der Waals surface area contributed by atoms with Gasteiger partial charge in [-0.3, -0.25) is 4.90 Å². The maximum Gasteiger partial charge on any atom is 0.322 e. The fourth-order valence-electron chi connectivity index (χ4n) is 5.07. The predicted molar refractivity (Wildman–Crippen MR) is 130 cm³/mol. The highest BCUT2D eigenvalue weighted by atomic mass is 35.5. The van der Waals surface area contributed by atoms with E-state index in [0.29, 0.717) is 36.8 Å². The number of benzene rings is 2. The molecule has 0 aromatic heterocycles. The molecule has 0 unspecified atom stereocenters. The van der Waals surface area contributed by atoms with Crippen molar-refractivity contribution in [1.82, 2.24) is 9.80 Å². The molecule has 0 radical (unpaired) electrons. The van der Waals surface area contributed by atoms with Crippen LogP contribution in [0, 0.1) is 17.1 Å². The molecule has 8 heteroatoms. The minimum atomic E-state index is -0.525. The maximum absolute atomic E-state index is 13.5. The van der Waals surface area contributed by atoms with E-state index >= 15 is 0 Å². The molecule has 1 saturated heterocycles. The Morgan fingerprint density at radius 3 is 2.68 bits per heavy atom. The Morgan fingerprint density at radius 2 is 2.00 bits per heavy atom. The zero-order valence-electron chi connectivity index (χ0n) is 19.1. The molecule has 2 aromatic rings. The van der Waals surface area contributed by atoms with E-state index in [4.69, 9.17) is 11.6 Å². The lowest BCUT2D eigenvalue weighted by Crippen LogP contribution is -2.47. The zero-order chi connectivity index (χ0) is 24.1. The summed E-state index contributed by atoms with van der Waals surface area (Å²) in [6.45, 7) is 2.70. The second-order valence-electron chi connectivity index (χ2n) is 9.24. The van der Waals surface area contributed by atoms with E-state index < -0.39 is 5.82 Å². The van der Waals surface area contributed by atoms with Crippen molar-refractivity contribution in [3.8, 4) is 6.07 Å². The number of anilines is 1. The normalized spacial score (nSPS) is 22.8. The van der Waals surface area contributed by atoms with Gasteiger partial charge in [0.2, 0.25) is 0 Å². The van der Waals surface area contributed by atoms with E-state index in [1.165, 1.54) is 23.8 Å². The molecular formula is C26H30ClFN4O2. The number of hydrogen-bond acceptors (Lipinski definition) is 4. The topological polar surface area (TPSA) is 79.6 Å². The standard InChI is InChI=1S/C26H30ClFN4O2/c27-24-15-21(6-9-25(24)28)30-26(34)32(13-12-31-11-10-23(33)17-31)22-7-4-19(5-8-22)20-3-1-2-18(14-20)16-29/h1-3,6,9,14-15,19,22-23,33H,4-5,7-8,10-13,17H2,(H,30,34)/t19?,22?,23-/m1/s1. The van der Waals surface area contributed by atoms with Gasteiger partial charge in [-0.25, -0.2) is 9.18 Å². The first-order valence-corrected chi connectivity index (χ1v) is 12.2. The predicted octanol–water partition coefficient (Wildman–Crippen LogP) is 4.98. The van der Waals surface area contributed by atoms with E-state index in [1.807, 2.05) is 23.1 Å². The molecule has 2 aromatic carbocycles. The first-order chi connectivity index (χ1) is 16.4. The van der Waals surface area contributed by atoms with Crippen molar-refractivity contribution < 1.29 is 14.3 Å². The van der Waals surface area contributed by atoms with Gasteiger partial charge < -0.3 is 15.3 Å². The highest BCUT2D eigenvalue weighted by Crippen LogP contribution is 2.35. The number of likely N-dealkylation sites (tertiary alicyclic amines) is 1. The molecular weight excluding hydrogens is 455 g/mol. The van der Waals surface area contributed by atoms with Gasteiger partial charge in [0.1, 0.15) is 5.82 Å². The largest absolute Gasteiger partial charge is 0.392 e. The molecule has 0 spiro atoms. The Bertz CT molecular complexity index is 1050. The highest BCUT2D eigenvalue weighted by molar-refractivity contribution is 6.31. The molecule has 1 heterocycles. The molecule has 1 saturated carbocycles. The van der Waals surface area contributed by atoms with Gasteiger partial charge in [-0.15, -0.1) is 0 Å². The third-order valence-electron chi connectivity index (χ3n) is 6.96. The van der Waals surface area contributed by atoms with Crippen LogP contribution in [0.3, 0.4) is 0 Å². The van der Waals surface area contributed by atoms with Crippen molar-refractivity contribution in [2.45, 2.75) is 50.2 Å². The summed E-state index contributed by atoms with van der Waals surface area (Å²) < 4.78 is 13.5. The van der Waals surface area contributed by atoms with Crippen molar-refractivity contribution in [3.63, 3.8) is 0 Å². The van der Waals surface area contributed by atoms with Crippen molar-refractivity contribution in [2.75, 3.05) is 31.5 Å². The third-order valence-corrected chi connectivity index (χ3v) is 7.25. The summed E-state index contributed by atoms with van der Waals surface area (Å²) in [7, 11) is 0. The molecule has 2 fully saturated rings. The Morgan fingerprint density at radius 1 is 1.21 bits per heavy atom. The number of aliphatic hydroxyl groups excluding tert-OH is 1. The summed E-state index contributed by atoms with van der Waals surface area (Å²) in [5, 5.41) is 21.9. The van der Waals surface area contributed by atoms with Gasteiger partial charge in [-0.1, -0.05) is 23.7 Å². The molecule has 180 valence electrons. The van der Waals surface area contributed by atoms with Crippen LogP contribution in [0.25, 0.3) is 0 Å². The van der Waals surface area contributed by atoms with Crippen molar-refractivity contribution >= 4 is 23.3 Å². The van der Waals surface area contributed by atoms with Crippen LogP contribution in [-0.4, -0.2) is 59.3 Å². The molecule has 6 nitrogen and oxygen atoms in total. The summed E-state index contributed by atoms with van der Waals surface area (Å²) in [6.07, 6.45) is 4.06. The van der Waals surface area contributed by atoms with Crippen LogP contribution in [0.15, 0.2) is 42.5 Å². The lowest BCUT2D eigenvalue weighted by Gasteiger charge is -2.38. The van der Waals surface area contributed by atoms with Crippen LogP contribution in [0.4, 0.5) is 14.9 Å². The molecule has 0 bridgehead atoms. The number of carbonyl (C=O) groups excluding carboxylic acids is 1. The Kier molecular flexibility index (Phi) is 8.04. The number of nitrogens with zero attached hydrogens (tertiary/aromatic N) is 3. The van der Waals surface area contributed by atoms with Crippen LogP contribution >= 0.6 is 11.6 Å². The Hall–Kier alpha value is -2.66. The first-order valence-electron chi connectivity index (χ1n) is 11.9. The van der Waals surface area contributed by atoms with Gasteiger partial charge in [-0.2, -0.15) is 5.26 Å². The second kappa shape index (κ2) is 11.2. The Balaban J connectivity index is 1.43. The molecule has 4 rings (SSSR count). The van der Waals surface area contributed by atoms with E-state index in [1.54, 1.807) is 0 Å².